The van der Waals surface area contributed by atoms with Gasteiger partial charge >= 0.3 is 0 Å². The second-order valence-corrected chi connectivity index (χ2v) is 13.3. The number of hydrogen-bond acceptors (Lipinski definition) is 4. The van der Waals surface area contributed by atoms with Gasteiger partial charge in [-0.05, 0) is 51.4 Å². The highest BCUT2D eigenvalue weighted by atomic mass is 14.8. The molecule has 0 atom stereocenters. The summed E-state index contributed by atoms with van der Waals surface area (Å²) in [4.78, 5) is 20.7. The SMILES string of the molecule is c1ccc(-c2ccc3ccc4ccc(-c5c6ccccc6c(-c6c7ccccc7nc7c6ccc6cccnc67)c6ccccc56)nc4c3n2)cc1. The van der Waals surface area contributed by atoms with Gasteiger partial charge in [0, 0.05) is 49.8 Å². The number of rotatable bonds is 3. The second-order valence-electron chi connectivity index (χ2n) is 13.3. The first-order chi connectivity index (χ1) is 25.8. The quantitative estimate of drug-likeness (QED) is 0.140. The zero-order valence-electron chi connectivity index (χ0n) is 28.0. The molecular formula is C48H28N4. The van der Waals surface area contributed by atoms with E-state index in [1.165, 1.54) is 21.9 Å². The van der Waals surface area contributed by atoms with E-state index in [-0.39, 0.29) is 0 Å². The summed E-state index contributed by atoms with van der Waals surface area (Å²) in [6.45, 7) is 0. The highest BCUT2D eigenvalue weighted by molar-refractivity contribution is 6.28. The smallest absolute Gasteiger partial charge is 0.0978 e. The molecule has 4 nitrogen and oxygen atoms in total. The molecule has 0 aliphatic heterocycles. The maximum atomic E-state index is 5.46. The molecule has 11 aromatic rings. The fourth-order valence-electron chi connectivity index (χ4n) is 8.11. The van der Waals surface area contributed by atoms with E-state index in [9.17, 15) is 0 Å². The standard InChI is InChI=1S/C48H28N4/c1-2-11-29(12-3-1)39-26-23-31-20-21-32-24-27-41(52-47(32)46(31)50-39)42-33-14-4-6-16-35(33)43(36-17-7-5-15-34(36)42)44-37-18-8-9-19-40(37)51-48-38(44)25-22-30-13-10-28-49-45(30)48/h1-28H. The Kier molecular flexibility index (Phi) is 6.22. The van der Waals surface area contributed by atoms with E-state index in [1.54, 1.807) is 0 Å². The van der Waals surface area contributed by atoms with Crippen molar-refractivity contribution in [1.29, 1.82) is 0 Å². The van der Waals surface area contributed by atoms with Gasteiger partial charge in [0.2, 0.25) is 0 Å². The molecule has 4 heterocycles. The van der Waals surface area contributed by atoms with E-state index in [0.717, 1.165) is 87.8 Å². The third kappa shape index (κ3) is 4.28. The van der Waals surface area contributed by atoms with Crippen LogP contribution in [0.15, 0.2) is 170 Å². The number of hydrogen-bond donors (Lipinski definition) is 0. The minimum absolute atomic E-state index is 0.899. The zero-order valence-corrected chi connectivity index (χ0v) is 28.0. The van der Waals surface area contributed by atoms with Crippen molar-refractivity contribution < 1.29 is 0 Å². The van der Waals surface area contributed by atoms with Gasteiger partial charge in [-0.25, -0.2) is 15.0 Å². The molecule has 240 valence electrons. The van der Waals surface area contributed by atoms with Crippen LogP contribution in [0.3, 0.4) is 0 Å². The summed E-state index contributed by atoms with van der Waals surface area (Å²) in [5.41, 5.74) is 11.0. The van der Waals surface area contributed by atoms with E-state index in [4.69, 9.17) is 19.9 Å². The Morgan fingerprint density at radius 2 is 0.808 bits per heavy atom. The van der Waals surface area contributed by atoms with Crippen LogP contribution >= 0.6 is 0 Å². The number of aromatic nitrogens is 4. The predicted molar refractivity (Wildman–Crippen MR) is 216 cm³/mol. The fourth-order valence-corrected chi connectivity index (χ4v) is 8.11. The molecule has 4 heteroatoms. The highest BCUT2D eigenvalue weighted by Gasteiger charge is 2.22. The molecule has 11 rings (SSSR count). The van der Waals surface area contributed by atoms with Crippen LogP contribution in [0.1, 0.15) is 0 Å². The van der Waals surface area contributed by atoms with E-state index in [2.05, 4.69) is 152 Å². The Bertz CT molecular complexity index is 3190. The molecule has 0 N–H and O–H groups in total. The second kappa shape index (κ2) is 11.2. The number of benzene rings is 7. The average molecular weight is 661 g/mol. The third-order valence-corrected chi connectivity index (χ3v) is 10.4. The molecule has 0 unspecified atom stereocenters. The maximum Gasteiger partial charge on any atom is 0.0978 e. The van der Waals surface area contributed by atoms with Crippen LogP contribution in [-0.4, -0.2) is 19.9 Å². The molecule has 0 fully saturated rings. The van der Waals surface area contributed by atoms with Gasteiger partial charge in [-0.3, -0.25) is 4.98 Å². The van der Waals surface area contributed by atoms with Crippen molar-refractivity contribution in [1.82, 2.24) is 19.9 Å². The van der Waals surface area contributed by atoms with Crippen molar-refractivity contribution in [2.24, 2.45) is 0 Å². The molecule has 52 heavy (non-hydrogen) atoms. The first kappa shape index (κ1) is 28.8. The van der Waals surface area contributed by atoms with E-state index in [0.29, 0.717) is 0 Å². The van der Waals surface area contributed by atoms with Crippen LogP contribution in [0, 0.1) is 0 Å². The van der Waals surface area contributed by atoms with Crippen molar-refractivity contribution in [3.63, 3.8) is 0 Å². The molecule has 0 saturated heterocycles. The van der Waals surface area contributed by atoms with Crippen molar-refractivity contribution in [3.8, 4) is 33.6 Å². The van der Waals surface area contributed by atoms with Gasteiger partial charge in [-0.1, -0.05) is 140 Å². The Balaban J connectivity index is 1.25. The molecule has 0 radical (unpaired) electrons. The van der Waals surface area contributed by atoms with Gasteiger partial charge in [0.15, 0.2) is 0 Å². The number of pyridine rings is 4. The Morgan fingerprint density at radius 3 is 1.52 bits per heavy atom. The number of nitrogens with zero attached hydrogens (tertiary/aromatic N) is 4. The average Bonchev–Trinajstić information content (AvgIpc) is 3.22. The van der Waals surface area contributed by atoms with Gasteiger partial charge in [0.05, 0.1) is 39.0 Å². The summed E-state index contributed by atoms with van der Waals surface area (Å²) in [5.74, 6) is 0. The van der Waals surface area contributed by atoms with Crippen LogP contribution in [0.5, 0.6) is 0 Å². The van der Waals surface area contributed by atoms with Crippen LogP contribution in [0.2, 0.25) is 0 Å². The summed E-state index contributed by atoms with van der Waals surface area (Å²) >= 11 is 0. The summed E-state index contributed by atoms with van der Waals surface area (Å²) in [6, 6.07) is 57.7. The van der Waals surface area contributed by atoms with Crippen LogP contribution in [0.4, 0.5) is 0 Å². The summed E-state index contributed by atoms with van der Waals surface area (Å²) < 4.78 is 0. The largest absolute Gasteiger partial charge is 0.254 e. The van der Waals surface area contributed by atoms with Gasteiger partial charge in [0.1, 0.15) is 0 Å². The van der Waals surface area contributed by atoms with Gasteiger partial charge in [0.25, 0.3) is 0 Å². The molecule has 7 aromatic carbocycles. The first-order valence-corrected chi connectivity index (χ1v) is 17.6. The maximum absolute atomic E-state index is 5.46. The minimum Gasteiger partial charge on any atom is -0.254 e. The lowest BCUT2D eigenvalue weighted by Crippen LogP contribution is -1.96. The Labute approximate surface area is 298 Å². The zero-order chi connectivity index (χ0) is 34.2. The van der Waals surface area contributed by atoms with E-state index < -0.39 is 0 Å². The molecule has 0 aliphatic rings. The Hall–Kier alpha value is -7.04. The topological polar surface area (TPSA) is 51.6 Å². The van der Waals surface area contributed by atoms with Crippen molar-refractivity contribution in [3.05, 3.63) is 170 Å². The number of para-hydroxylation sites is 1. The third-order valence-electron chi connectivity index (χ3n) is 10.4. The molecule has 0 bridgehead atoms. The highest BCUT2D eigenvalue weighted by Crippen LogP contribution is 2.47. The van der Waals surface area contributed by atoms with Crippen molar-refractivity contribution in [2.75, 3.05) is 0 Å². The normalized spacial score (nSPS) is 11.8. The Morgan fingerprint density at radius 1 is 0.288 bits per heavy atom. The van der Waals surface area contributed by atoms with Crippen molar-refractivity contribution >= 4 is 76.1 Å². The minimum atomic E-state index is 0.899. The first-order valence-electron chi connectivity index (χ1n) is 17.6. The van der Waals surface area contributed by atoms with Gasteiger partial charge < -0.3 is 0 Å². The van der Waals surface area contributed by atoms with Crippen molar-refractivity contribution in [2.45, 2.75) is 0 Å². The van der Waals surface area contributed by atoms with E-state index in [1.807, 2.05) is 18.3 Å². The van der Waals surface area contributed by atoms with Crippen LogP contribution in [0.25, 0.3) is 110 Å². The molecule has 0 saturated carbocycles. The fraction of sp³-hybridized carbons (Fsp3) is 0. The predicted octanol–water partition coefficient (Wildman–Crippen LogP) is 12.3. The summed E-state index contributed by atoms with van der Waals surface area (Å²) in [7, 11) is 0. The van der Waals surface area contributed by atoms with Crippen LogP contribution in [-0.2, 0) is 0 Å². The molecule has 0 amide bonds. The lowest BCUT2D eigenvalue weighted by Gasteiger charge is -2.20. The molecule has 4 aromatic heterocycles. The molecule has 0 aliphatic carbocycles. The summed E-state index contributed by atoms with van der Waals surface area (Å²) in [5, 5.41) is 10.0. The monoisotopic (exact) mass is 660 g/mol. The van der Waals surface area contributed by atoms with Gasteiger partial charge in [-0.2, -0.15) is 0 Å². The summed E-state index contributed by atoms with van der Waals surface area (Å²) in [6.07, 6.45) is 1.86. The molecule has 0 spiro atoms. The molecular weight excluding hydrogens is 633 g/mol. The lowest BCUT2D eigenvalue weighted by molar-refractivity contribution is 1.37. The lowest BCUT2D eigenvalue weighted by atomic mass is 9.84. The van der Waals surface area contributed by atoms with E-state index >= 15 is 0 Å². The van der Waals surface area contributed by atoms with Gasteiger partial charge in [-0.15, -0.1) is 0 Å². The number of fused-ring (bicyclic) bond motifs is 9. The van der Waals surface area contributed by atoms with Crippen LogP contribution < -0.4 is 0 Å².